The summed E-state index contributed by atoms with van der Waals surface area (Å²) in [5.74, 6) is 0.755. The molecule has 1 aliphatic heterocycles. The Morgan fingerprint density at radius 1 is 1.33 bits per heavy atom. The molecule has 5 heteroatoms. The van der Waals surface area contributed by atoms with E-state index < -0.39 is 0 Å². The number of anilines is 1. The van der Waals surface area contributed by atoms with Crippen LogP contribution < -0.4 is 10.6 Å². The van der Waals surface area contributed by atoms with Gasteiger partial charge in [0.15, 0.2) is 0 Å². The van der Waals surface area contributed by atoms with E-state index in [4.69, 9.17) is 0 Å². The summed E-state index contributed by atoms with van der Waals surface area (Å²) in [4.78, 5) is 18.8. The van der Waals surface area contributed by atoms with Crippen molar-refractivity contribution in [2.24, 2.45) is 0 Å². The summed E-state index contributed by atoms with van der Waals surface area (Å²) in [5.41, 5.74) is 0.613. The second kappa shape index (κ2) is 7.98. The first-order chi connectivity index (χ1) is 10.2. The van der Waals surface area contributed by atoms with Crippen molar-refractivity contribution in [3.63, 3.8) is 0 Å². The number of hydrogen-bond donors (Lipinski definition) is 2. The van der Waals surface area contributed by atoms with Crippen LogP contribution in [-0.4, -0.2) is 48.0 Å². The van der Waals surface area contributed by atoms with Gasteiger partial charge >= 0.3 is 0 Å². The number of piperidine rings is 1. The van der Waals surface area contributed by atoms with Gasteiger partial charge in [-0.15, -0.1) is 0 Å². The third-order valence-corrected chi connectivity index (χ3v) is 3.96. The highest BCUT2D eigenvalue weighted by molar-refractivity contribution is 5.94. The number of likely N-dealkylation sites (tertiary alicyclic amines) is 1. The van der Waals surface area contributed by atoms with E-state index in [0.717, 1.165) is 25.5 Å². The van der Waals surface area contributed by atoms with Crippen LogP contribution in [-0.2, 0) is 0 Å². The number of aromatic nitrogens is 1. The number of rotatable bonds is 6. The summed E-state index contributed by atoms with van der Waals surface area (Å²) in [6, 6.07) is 4.04. The lowest BCUT2D eigenvalue weighted by Gasteiger charge is -2.32. The summed E-state index contributed by atoms with van der Waals surface area (Å²) in [6.07, 6.45) is 5.50. The van der Waals surface area contributed by atoms with Crippen LogP contribution in [0, 0.1) is 0 Å². The first-order valence-electron chi connectivity index (χ1n) is 7.93. The van der Waals surface area contributed by atoms with Crippen LogP contribution in [0.15, 0.2) is 18.3 Å². The van der Waals surface area contributed by atoms with Crippen LogP contribution in [0.2, 0.25) is 0 Å². The largest absolute Gasteiger partial charge is 0.370 e. The second-order valence-electron chi connectivity index (χ2n) is 5.62. The smallest absolute Gasteiger partial charge is 0.252 e. The maximum atomic E-state index is 12.1. The van der Waals surface area contributed by atoms with Crippen LogP contribution >= 0.6 is 0 Å². The van der Waals surface area contributed by atoms with Crippen LogP contribution in [0.25, 0.3) is 0 Å². The van der Waals surface area contributed by atoms with Crippen molar-refractivity contribution in [1.82, 2.24) is 15.2 Å². The number of hydrogen-bond acceptors (Lipinski definition) is 4. The molecule has 0 aromatic carbocycles. The van der Waals surface area contributed by atoms with E-state index in [-0.39, 0.29) is 5.91 Å². The van der Waals surface area contributed by atoms with Crippen molar-refractivity contribution < 1.29 is 4.79 Å². The van der Waals surface area contributed by atoms with Crippen molar-refractivity contribution in [3.05, 3.63) is 23.9 Å². The van der Waals surface area contributed by atoms with E-state index in [1.165, 1.54) is 19.3 Å². The van der Waals surface area contributed by atoms with Crippen molar-refractivity contribution in [1.29, 1.82) is 0 Å². The quantitative estimate of drug-likeness (QED) is 0.842. The molecular weight excluding hydrogens is 264 g/mol. The summed E-state index contributed by atoms with van der Waals surface area (Å²) in [7, 11) is 0. The molecule has 2 N–H and O–H groups in total. The van der Waals surface area contributed by atoms with E-state index in [1.54, 1.807) is 6.20 Å². The van der Waals surface area contributed by atoms with Gasteiger partial charge in [-0.1, -0.05) is 6.42 Å². The van der Waals surface area contributed by atoms with E-state index in [1.807, 2.05) is 19.1 Å². The third kappa shape index (κ3) is 4.70. The normalized spacial score (nSPS) is 17.2. The molecule has 0 bridgehead atoms. The first-order valence-corrected chi connectivity index (χ1v) is 7.93. The topological polar surface area (TPSA) is 57.3 Å². The minimum atomic E-state index is -0.0468. The molecule has 0 spiro atoms. The lowest BCUT2D eigenvalue weighted by molar-refractivity contribution is 0.0929. The standard InChI is InChI=1S/C16H26N4O/c1-3-17-15-8-7-14(12-18-15)16(21)19-11-13(2)20-9-5-4-6-10-20/h7-8,12-13H,3-6,9-11H2,1-2H3,(H,17,18)(H,19,21). The number of carbonyl (C=O) groups excluding carboxylic acids is 1. The number of nitrogens with zero attached hydrogens (tertiary/aromatic N) is 2. The summed E-state index contributed by atoms with van der Waals surface area (Å²) < 4.78 is 0. The molecule has 1 unspecified atom stereocenters. The van der Waals surface area contributed by atoms with E-state index in [9.17, 15) is 4.79 Å². The maximum Gasteiger partial charge on any atom is 0.252 e. The Hall–Kier alpha value is -1.62. The molecule has 1 aromatic rings. The lowest BCUT2D eigenvalue weighted by atomic mass is 10.1. The summed E-state index contributed by atoms with van der Waals surface area (Å²) in [6.45, 7) is 8.01. The SMILES string of the molecule is CCNc1ccc(C(=O)NCC(C)N2CCCCC2)cn1. The van der Waals surface area contributed by atoms with Gasteiger partial charge in [0.05, 0.1) is 5.56 Å². The molecule has 5 nitrogen and oxygen atoms in total. The Bertz CT molecular complexity index is 440. The van der Waals surface area contributed by atoms with Crippen molar-refractivity contribution in [2.75, 3.05) is 31.5 Å². The lowest BCUT2D eigenvalue weighted by Crippen LogP contribution is -2.44. The van der Waals surface area contributed by atoms with Gasteiger partial charge in [0.2, 0.25) is 0 Å². The van der Waals surface area contributed by atoms with Gasteiger partial charge in [-0.25, -0.2) is 4.98 Å². The van der Waals surface area contributed by atoms with Crippen LogP contribution in [0.4, 0.5) is 5.82 Å². The third-order valence-electron chi connectivity index (χ3n) is 3.96. The number of carbonyl (C=O) groups is 1. The highest BCUT2D eigenvalue weighted by atomic mass is 16.1. The van der Waals surface area contributed by atoms with Crippen molar-refractivity contribution in [3.8, 4) is 0 Å². The molecule has 21 heavy (non-hydrogen) atoms. The Kier molecular flexibility index (Phi) is 5.99. The van der Waals surface area contributed by atoms with Crippen LogP contribution in [0.3, 0.4) is 0 Å². The minimum Gasteiger partial charge on any atom is -0.370 e. The maximum absolute atomic E-state index is 12.1. The minimum absolute atomic E-state index is 0.0468. The number of pyridine rings is 1. The van der Waals surface area contributed by atoms with Gasteiger partial charge < -0.3 is 10.6 Å². The van der Waals surface area contributed by atoms with Gasteiger partial charge in [0.1, 0.15) is 5.82 Å². The molecule has 1 saturated heterocycles. The molecule has 0 saturated carbocycles. The Balaban J connectivity index is 1.80. The Labute approximate surface area is 127 Å². The average molecular weight is 290 g/mol. The predicted octanol–water partition coefficient (Wildman–Crippen LogP) is 2.12. The molecule has 116 valence electrons. The Morgan fingerprint density at radius 2 is 2.10 bits per heavy atom. The predicted molar refractivity (Wildman–Crippen MR) is 85.6 cm³/mol. The van der Waals surface area contributed by atoms with Crippen LogP contribution in [0.5, 0.6) is 0 Å². The van der Waals surface area contributed by atoms with Crippen LogP contribution in [0.1, 0.15) is 43.5 Å². The molecule has 0 radical (unpaired) electrons. The summed E-state index contributed by atoms with van der Waals surface area (Å²) >= 11 is 0. The van der Waals surface area contributed by atoms with Gasteiger partial charge in [0.25, 0.3) is 5.91 Å². The zero-order chi connectivity index (χ0) is 15.1. The fraction of sp³-hybridized carbons (Fsp3) is 0.625. The fourth-order valence-corrected chi connectivity index (χ4v) is 2.64. The molecular formula is C16H26N4O. The second-order valence-corrected chi connectivity index (χ2v) is 5.62. The molecule has 1 atom stereocenters. The van der Waals surface area contributed by atoms with E-state index in [0.29, 0.717) is 18.2 Å². The highest BCUT2D eigenvalue weighted by Crippen LogP contribution is 2.11. The van der Waals surface area contributed by atoms with Gasteiger partial charge in [-0.05, 0) is 51.9 Å². The average Bonchev–Trinajstić information content (AvgIpc) is 2.54. The van der Waals surface area contributed by atoms with Crippen molar-refractivity contribution in [2.45, 2.75) is 39.2 Å². The molecule has 1 aromatic heterocycles. The zero-order valence-electron chi connectivity index (χ0n) is 13.1. The number of nitrogens with one attached hydrogen (secondary N) is 2. The van der Waals surface area contributed by atoms with Gasteiger partial charge in [-0.2, -0.15) is 0 Å². The molecule has 2 rings (SSSR count). The summed E-state index contributed by atoms with van der Waals surface area (Å²) in [5, 5.41) is 6.12. The van der Waals surface area contributed by atoms with Gasteiger partial charge in [-0.3, -0.25) is 9.69 Å². The highest BCUT2D eigenvalue weighted by Gasteiger charge is 2.17. The molecule has 1 aliphatic rings. The van der Waals surface area contributed by atoms with Crippen molar-refractivity contribution >= 4 is 11.7 Å². The molecule has 1 fully saturated rings. The fourth-order valence-electron chi connectivity index (χ4n) is 2.64. The Morgan fingerprint density at radius 3 is 2.71 bits per heavy atom. The first kappa shape index (κ1) is 15.8. The van der Waals surface area contributed by atoms with E-state index in [2.05, 4.69) is 27.4 Å². The zero-order valence-corrected chi connectivity index (χ0v) is 13.1. The van der Waals surface area contributed by atoms with E-state index >= 15 is 0 Å². The molecule has 2 heterocycles. The number of amides is 1. The molecule has 1 amide bonds. The monoisotopic (exact) mass is 290 g/mol. The van der Waals surface area contributed by atoms with Gasteiger partial charge in [0, 0.05) is 25.3 Å². The molecule has 0 aliphatic carbocycles.